The molecular formula is C15H24N4O2. The Hall–Kier alpha value is -1.53. The molecule has 6 nitrogen and oxygen atoms in total. The van der Waals surface area contributed by atoms with Crippen molar-refractivity contribution in [3.8, 4) is 0 Å². The average molecular weight is 292 g/mol. The lowest BCUT2D eigenvalue weighted by molar-refractivity contribution is -0.122. The van der Waals surface area contributed by atoms with E-state index in [1.54, 1.807) is 0 Å². The Balaban J connectivity index is 0.000000497. The van der Waals surface area contributed by atoms with Crippen molar-refractivity contribution >= 4 is 6.47 Å². The van der Waals surface area contributed by atoms with Gasteiger partial charge in [0, 0.05) is 57.1 Å². The molecule has 1 aromatic rings. The van der Waals surface area contributed by atoms with Crippen molar-refractivity contribution in [2.75, 3.05) is 33.2 Å². The summed E-state index contributed by atoms with van der Waals surface area (Å²) in [5.74, 6) is 2.70. The Morgan fingerprint density at radius 1 is 1.24 bits per heavy atom. The highest BCUT2D eigenvalue weighted by molar-refractivity contribution is 5.32. The zero-order chi connectivity index (χ0) is 15.2. The lowest BCUT2D eigenvalue weighted by atomic mass is 10.0. The Bertz CT molecular complexity index is 437. The van der Waals surface area contributed by atoms with Crippen LogP contribution in [0.25, 0.3) is 0 Å². The van der Waals surface area contributed by atoms with Gasteiger partial charge in [0.25, 0.3) is 6.47 Å². The summed E-state index contributed by atoms with van der Waals surface area (Å²) in [5.41, 5.74) is 1.25. The molecule has 1 N–H and O–H groups in total. The van der Waals surface area contributed by atoms with Crippen molar-refractivity contribution in [1.29, 1.82) is 0 Å². The summed E-state index contributed by atoms with van der Waals surface area (Å²) in [4.78, 5) is 22.1. The second-order valence-corrected chi connectivity index (χ2v) is 5.90. The fourth-order valence-electron chi connectivity index (χ4n) is 3.36. The number of aromatic nitrogens is 2. The third kappa shape index (κ3) is 4.22. The van der Waals surface area contributed by atoms with E-state index in [4.69, 9.17) is 9.90 Å². The molecule has 0 radical (unpaired) electrons. The number of carboxylic acid groups (broad SMARTS) is 1. The van der Waals surface area contributed by atoms with Crippen LogP contribution in [0.4, 0.5) is 0 Å². The van der Waals surface area contributed by atoms with Gasteiger partial charge < -0.3 is 10.0 Å². The minimum Gasteiger partial charge on any atom is -0.483 e. The van der Waals surface area contributed by atoms with Gasteiger partial charge in [0.15, 0.2) is 0 Å². The fraction of sp³-hybridized carbons (Fsp3) is 0.667. The fourth-order valence-corrected chi connectivity index (χ4v) is 3.36. The Kier molecular flexibility index (Phi) is 5.64. The van der Waals surface area contributed by atoms with Gasteiger partial charge in [-0.3, -0.25) is 9.69 Å². The summed E-state index contributed by atoms with van der Waals surface area (Å²) >= 11 is 0. The zero-order valence-corrected chi connectivity index (χ0v) is 12.8. The van der Waals surface area contributed by atoms with Crippen LogP contribution in [0, 0.1) is 11.8 Å². The molecule has 0 bridgehead atoms. The van der Waals surface area contributed by atoms with E-state index in [1.165, 1.54) is 31.7 Å². The molecule has 3 heterocycles. The summed E-state index contributed by atoms with van der Waals surface area (Å²) in [6.07, 6.45) is 4.90. The molecule has 2 atom stereocenters. The van der Waals surface area contributed by atoms with Gasteiger partial charge in [-0.15, -0.1) is 0 Å². The van der Waals surface area contributed by atoms with Crippen LogP contribution in [0.5, 0.6) is 0 Å². The highest BCUT2D eigenvalue weighted by atomic mass is 16.3. The predicted molar refractivity (Wildman–Crippen MR) is 79.9 cm³/mol. The first-order valence-electron chi connectivity index (χ1n) is 7.44. The first-order valence-corrected chi connectivity index (χ1v) is 7.44. The zero-order valence-electron chi connectivity index (χ0n) is 12.8. The van der Waals surface area contributed by atoms with Crippen LogP contribution in [0.2, 0.25) is 0 Å². The number of aryl methyl sites for hydroxylation is 1. The molecule has 2 saturated heterocycles. The molecule has 2 fully saturated rings. The number of nitrogens with zero attached hydrogens (tertiary/aromatic N) is 4. The van der Waals surface area contributed by atoms with Gasteiger partial charge in [0.1, 0.15) is 5.82 Å². The monoisotopic (exact) mass is 292 g/mol. The smallest absolute Gasteiger partial charge is 0.290 e. The number of rotatable bonds is 3. The van der Waals surface area contributed by atoms with Gasteiger partial charge in [0.05, 0.1) is 0 Å². The van der Waals surface area contributed by atoms with Gasteiger partial charge in [0.2, 0.25) is 0 Å². The van der Waals surface area contributed by atoms with E-state index >= 15 is 0 Å². The van der Waals surface area contributed by atoms with E-state index in [0.29, 0.717) is 0 Å². The number of carbonyl (C=O) groups is 1. The topological polar surface area (TPSA) is 69.6 Å². The average Bonchev–Trinajstić information content (AvgIpc) is 2.97. The SMILES string of the molecule is CCc1ncc(CN2C[C@H]3CN(C)C[C@H]3C2)cn1.O=CO. The lowest BCUT2D eigenvalue weighted by Crippen LogP contribution is -2.26. The molecule has 0 saturated carbocycles. The van der Waals surface area contributed by atoms with E-state index in [9.17, 15) is 0 Å². The second-order valence-electron chi connectivity index (χ2n) is 5.90. The van der Waals surface area contributed by atoms with Crippen LogP contribution >= 0.6 is 0 Å². The molecule has 3 rings (SSSR count). The van der Waals surface area contributed by atoms with Crippen LogP contribution < -0.4 is 0 Å². The predicted octanol–water partition coefficient (Wildman–Crippen LogP) is 0.733. The summed E-state index contributed by atoms with van der Waals surface area (Å²) in [7, 11) is 2.24. The quantitative estimate of drug-likeness (QED) is 0.828. The van der Waals surface area contributed by atoms with Crippen molar-refractivity contribution in [3.05, 3.63) is 23.8 Å². The molecule has 0 spiro atoms. The normalized spacial score (nSPS) is 25.2. The molecule has 0 aliphatic carbocycles. The van der Waals surface area contributed by atoms with Crippen LogP contribution in [0.15, 0.2) is 12.4 Å². The largest absolute Gasteiger partial charge is 0.483 e. The standard InChI is InChI=1S/C14H22N4.CH2O2/c1-3-14-15-4-11(5-16-14)6-18-9-12-7-17(2)8-13(12)10-18;2-1-3/h4-5,12-13H,3,6-10H2,1-2H3;1H,(H,2,3)/t12-,13+;. The van der Waals surface area contributed by atoms with Gasteiger partial charge in [-0.05, 0) is 18.9 Å². The van der Waals surface area contributed by atoms with E-state index in [2.05, 4.69) is 33.7 Å². The molecule has 1 aromatic heterocycles. The molecule has 2 aliphatic heterocycles. The molecule has 0 unspecified atom stereocenters. The minimum absolute atomic E-state index is 0.250. The van der Waals surface area contributed by atoms with Gasteiger partial charge in [-0.25, -0.2) is 9.97 Å². The summed E-state index contributed by atoms with van der Waals surface area (Å²) < 4.78 is 0. The summed E-state index contributed by atoms with van der Waals surface area (Å²) in [5, 5.41) is 6.89. The molecule has 21 heavy (non-hydrogen) atoms. The van der Waals surface area contributed by atoms with E-state index in [0.717, 1.165) is 30.6 Å². The summed E-state index contributed by atoms with van der Waals surface area (Å²) in [6, 6.07) is 0. The van der Waals surface area contributed by atoms with Crippen molar-refractivity contribution in [3.63, 3.8) is 0 Å². The van der Waals surface area contributed by atoms with Crippen LogP contribution in [0.3, 0.4) is 0 Å². The van der Waals surface area contributed by atoms with Crippen LogP contribution in [-0.2, 0) is 17.8 Å². The summed E-state index contributed by atoms with van der Waals surface area (Å²) in [6.45, 7) is 7.88. The Morgan fingerprint density at radius 3 is 2.24 bits per heavy atom. The second kappa shape index (κ2) is 7.47. The molecular weight excluding hydrogens is 268 g/mol. The van der Waals surface area contributed by atoms with Crippen LogP contribution in [-0.4, -0.2) is 64.6 Å². The third-order valence-corrected chi connectivity index (χ3v) is 4.23. The van der Waals surface area contributed by atoms with E-state index in [-0.39, 0.29) is 6.47 Å². The maximum atomic E-state index is 8.36. The third-order valence-electron chi connectivity index (χ3n) is 4.23. The van der Waals surface area contributed by atoms with Crippen LogP contribution in [0.1, 0.15) is 18.3 Å². The number of hydrogen-bond acceptors (Lipinski definition) is 5. The lowest BCUT2D eigenvalue weighted by Gasteiger charge is -2.18. The number of likely N-dealkylation sites (tertiary alicyclic amines) is 2. The molecule has 0 amide bonds. The first-order chi connectivity index (χ1) is 10.2. The highest BCUT2D eigenvalue weighted by Gasteiger charge is 2.38. The Labute approximate surface area is 125 Å². The van der Waals surface area contributed by atoms with Gasteiger partial charge >= 0.3 is 0 Å². The van der Waals surface area contributed by atoms with E-state index in [1.807, 2.05) is 12.4 Å². The molecule has 0 aromatic carbocycles. The van der Waals surface area contributed by atoms with E-state index < -0.39 is 0 Å². The molecule has 116 valence electrons. The van der Waals surface area contributed by atoms with Crippen molar-refractivity contribution in [2.24, 2.45) is 11.8 Å². The maximum absolute atomic E-state index is 8.36. The maximum Gasteiger partial charge on any atom is 0.290 e. The van der Waals surface area contributed by atoms with Gasteiger partial charge in [-0.2, -0.15) is 0 Å². The number of fused-ring (bicyclic) bond motifs is 1. The molecule has 2 aliphatic rings. The highest BCUT2D eigenvalue weighted by Crippen LogP contribution is 2.30. The molecule has 6 heteroatoms. The minimum atomic E-state index is -0.250. The first kappa shape index (κ1) is 15.9. The van der Waals surface area contributed by atoms with Crippen molar-refractivity contribution in [2.45, 2.75) is 19.9 Å². The Morgan fingerprint density at radius 2 is 1.76 bits per heavy atom. The number of hydrogen-bond donors (Lipinski definition) is 1. The van der Waals surface area contributed by atoms with Crippen molar-refractivity contribution < 1.29 is 9.90 Å². The van der Waals surface area contributed by atoms with Gasteiger partial charge in [-0.1, -0.05) is 6.92 Å². The van der Waals surface area contributed by atoms with Crippen molar-refractivity contribution in [1.82, 2.24) is 19.8 Å².